The molecular weight excluding hydrogens is 364 g/mol. The molecule has 1 aliphatic heterocycles. The molecule has 2 fully saturated rings. The lowest BCUT2D eigenvalue weighted by Gasteiger charge is -2.40. The summed E-state index contributed by atoms with van der Waals surface area (Å²) in [5, 5.41) is 0. The number of piperidine rings is 1. The zero-order valence-corrected chi connectivity index (χ0v) is 16.8. The monoisotopic (exact) mass is 392 g/mol. The number of rotatable bonds is 4. The average Bonchev–Trinajstić information content (AvgIpc) is 3.45. The fraction of sp³-hybridized carbons (Fsp3) is 0.500. The van der Waals surface area contributed by atoms with Crippen LogP contribution < -0.4 is 0 Å². The maximum atomic E-state index is 13.6. The van der Waals surface area contributed by atoms with Crippen LogP contribution in [-0.4, -0.2) is 40.7 Å². The summed E-state index contributed by atoms with van der Waals surface area (Å²) in [4.78, 5) is 30.2. The smallest absolute Gasteiger partial charge is 0.257 e. The first-order valence-electron chi connectivity index (χ1n) is 10.9. The number of benzene rings is 1. The number of hydrogen-bond acceptors (Lipinski definition) is 3. The fourth-order valence-electron chi connectivity index (χ4n) is 5.07. The van der Waals surface area contributed by atoms with E-state index in [1.165, 1.54) is 23.7 Å². The Kier molecular flexibility index (Phi) is 4.90. The Hall–Kier alpha value is -2.56. The van der Waals surface area contributed by atoms with Gasteiger partial charge in [-0.3, -0.25) is 9.59 Å². The number of likely N-dealkylation sites (tertiary alicyclic amines) is 1. The van der Waals surface area contributed by atoms with Gasteiger partial charge in [0, 0.05) is 25.0 Å². The van der Waals surface area contributed by atoms with Gasteiger partial charge in [0.1, 0.15) is 6.26 Å². The van der Waals surface area contributed by atoms with Gasteiger partial charge in [-0.15, -0.1) is 0 Å². The van der Waals surface area contributed by atoms with Crippen LogP contribution in [0.15, 0.2) is 47.3 Å². The summed E-state index contributed by atoms with van der Waals surface area (Å²) in [6.45, 7) is 1.28. The van der Waals surface area contributed by atoms with Gasteiger partial charge in [0.15, 0.2) is 0 Å². The lowest BCUT2D eigenvalue weighted by Crippen LogP contribution is -2.46. The summed E-state index contributed by atoms with van der Waals surface area (Å²) < 4.78 is 5.04. The van der Waals surface area contributed by atoms with Gasteiger partial charge < -0.3 is 14.2 Å². The molecule has 1 saturated heterocycles. The SMILES string of the molecule is O=C(c1ccoc1)N1CCC(C(=O)N(C2CC2)C2CCCc3ccccc32)CC1. The van der Waals surface area contributed by atoms with E-state index < -0.39 is 0 Å². The number of carbonyl (C=O) groups is 2. The van der Waals surface area contributed by atoms with Crippen LogP contribution in [0.3, 0.4) is 0 Å². The van der Waals surface area contributed by atoms with Crippen molar-refractivity contribution >= 4 is 11.8 Å². The van der Waals surface area contributed by atoms with E-state index in [1.807, 2.05) is 4.90 Å². The molecule has 3 aliphatic rings. The Morgan fingerprint density at radius 2 is 1.79 bits per heavy atom. The Bertz CT molecular complexity index is 879. The van der Waals surface area contributed by atoms with Crippen LogP contribution in [-0.2, 0) is 11.2 Å². The molecule has 2 aliphatic carbocycles. The number of carbonyl (C=O) groups excluding carboxylic acids is 2. The van der Waals surface area contributed by atoms with Crippen molar-refractivity contribution in [1.29, 1.82) is 0 Å². The number of furan rings is 1. The predicted octanol–water partition coefficient (Wildman–Crippen LogP) is 4.20. The van der Waals surface area contributed by atoms with Gasteiger partial charge in [-0.1, -0.05) is 24.3 Å². The number of nitrogens with zero attached hydrogens (tertiary/aromatic N) is 2. The van der Waals surface area contributed by atoms with E-state index in [0.29, 0.717) is 30.6 Å². The summed E-state index contributed by atoms with van der Waals surface area (Å²) in [7, 11) is 0. The summed E-state index contributed by atoms with van der Waals surface area (Å²) >= 11 is 0. The van der Waals surface area contributed by atoms with Crippen molar-refractivity contribution in [1.82, 2.24) is 9.80 Å². The van der Waals surface area contributed by atoms with Crippen molar-refractivity contribution in [3.8, 4) is 0 Å². The molecule has 29 heavy (non-hydrogen) atoms. The van der Waals surface area contributed by atoms with E-state index in [4.69, 9.17) is 4.42 Å². The lowest BCUT2D eigenvalue weighted by molar-refractivity contribution is -0.140. The molecule has 152 valence electrons. The summed E-state index contributed by atoms with van der Waals surface area (Å²) in [5.41, 5.74) is 3.35. The molecule has 1 aromatic carbocycles. The van der Waals surface area contributed by atoms with Gasteiger partial charge in [-0.2, -0.15) is 0 Å². The molecule has 0 bridgehead atoms. The normalized spacial score (nSPS) is 22.2. The molecule has 1 atom stereocenters. The minimum Gasteiger partial charge on any atom is -0.472 e. The fourth-order valence-corrected chi connectivity index (χ4v) is 5.07. The van der Waals surface area contributed by atoms with Gasteiger partial charge in [0.05, 0.1) is 17.9 Å². The zero-order valence-electron chi connectivity index (χ0n) is 16.8. The summed E-state index contributed by atoms with van der Waals surface area (Å²) in [5.74, 6) is 0.340. The predicted molar refractivity (Wildman–Crippen MR) is 109 cm³/mol. The molecule has 5 rings (SSSR count). The molecule has 5 nitrogen and oxygen atoms in total. The van der Waals surface area contributed by atoms with E-state index in [9.17, 15) is 9.59 Å². The highest BCUT2D eigenvalue weighted by Gasteiger charge is 2.42. The largest absolute Gasteiger partial charge is 0.472 e. The Labute approximate surface area is 171 Å². The highest BCUT2D eigenvalue weighted by Crippen LogP contribution is 2.42. The number of aryl methyl sites for hydroxylation is 1. The van der Waals surface area contributed by atoms with Crippen LogP contribution in [0.1, 0.15) is 66.1 Å². The second-order valence-corrected chi connectivity index (χ2v) is 8.66. The number of fused-ring (bicyclic) bond motifs is 1. The van der Waals surface area contributed by atoms with Crippen LogP contribution in [0.2, 0.25) is 0 Å². The lowest BCUT2D eigenvalue weighted by atomic mass is 9.85. The second-order valence-electron chi connectivity index (χ2n) is 8.66. The molecule has 5 heteroatoms. The zero-order chi connectivity index (χ0) is 19.8. The molecule has 2 heterocycles. The van der Waals surface area contributed by atoms with Crippen molar-refractivity contribution in [2.75, 3.05) is 13.1 Å². The van der Waals surface area contributed by atoms with Gasteiger partial charge >= 0.3 is 0 Å². The molecule has 1 aromatic heterocycles. The summed E-state index contributed by atoms with van der Waals surface area (Å²) in [6.07, 6.45) is 10.1. The van der Waals surface area contributed by atoms with Gasteiger partial charge in [0.2, 0.25) is 5.91 Å². The van der Waals surface area contributed by atoms with E-state index in [-0.39, 0.29) is 17.9 Å². The molecule has 0 spiro atoms. The van der Waals surface area contributed by atoms with Crippen LogP contribution >= 0.6 is 0 Å². The van der Waals surface area contributed by atoms with E-state index in [0.717, 1.165) is 44.9 Å². The third-order valence-electron chi connectivity index (χ3n) is 6.77. The molecule has 0 N–H and O–H groups in total. The van der Waals surface area contributed by atoms with Crippen molar-refractivity contribution in [3.63, 3.8) is 0 Å². The minimum absolute atomic E-state index is 0.00454. The maximum absolute atomic E-state index is 13.6. The van der Waals surface area contributed by atoms with E-state index in [2.05, 4.69) is 29.2 Å². The quantitative estimate of drug-likeness (QED) is 0.784. The van der Waals surface area contributed by atoms with E-state index >= 15 is 0 Å². The van der Waals surface area contributed by atoms with Crippen molar-refractivity contribution < 1.29 is 14.0 Å². The van der Waals surface area contributed by atoms with Gasteiger partial charge in [-0.05, 0) is 62.1 Å². The van der Waals surface area contributed by atoms with Crippen molar-refractivity contribution in [3.05, 3.63) is 59.5 Å². The first-order valence-corrected chi connectivity index (χ1v) is 10.9. The third-order valence-corrected chi connectivity index (χ3v) is 6.77. The number of hydrogen-bond donors (Lipinski definition) is 0. The van der Waals surface area contributed by atoms with E-state index in [1.54, 1.807) is 6.07 Å². The average molecular weight is 392 g/mol. The third kappa shape index (κ3) is 3.59. The van der Waals surface area contributed by atoms with Crippen LogP contribution in [0, 0.1) is 5.92 Å². The standard InChI is InChI=1S/C24H28N2O3/c27-23(19-12-15-29-16-19)25-13-10-18(11-14-25)24(28)26(20-8-9-20)22-7-3-5-17-4-1-2-6-21(17)22/h1-2,4,6,12,15-16,18,20,22H,3,5,7-11,13-14H2. The van der Waals surface area contributed by atoms with Crippen LogP contribution in [0.5, 0.6) is 0 Å². The number of amides is 2. The van der Waals surface area contributed by atoms with Crippen LogP contribution in [0.25, 0.3) is 0 Å². The minimum atomic E-state index is 0.00454. The van der Waals surface area contributed by atoms with Gasteiger partial charge in [0.25, 0.3) is 5.91 Å². The van der Waals surface area contributed by atoms with Gasteiger partial charge in [-0.25, -0.2) is 0 Å². The Morgan fingerprint density at radius 3 is 2.52 bits per heavy atom. The highest BCUT2D eigenvalue weighted by molar-refractivity contribution is 5.94. The first-order chi connectivity index (χ1) is 14.2. The Morgan fingerprint density at radius 1 is 1.00 bits per heavy atom. The highest BCUT2D eigenvalue weighted by atomic mass is 16.3. The topological polar surface area (TPSA) is 53.8 Å². The molecule has 1 unspecified atom stereocenters. The Balaban J connectivity index is 1.29. The molecule has 0 radical (unpaired) electrons. The van der Waals surface area contributed by atoms with Crippen molar-refractivity contribution in [2.24, 2.45) is 5.92 Å². The first kappa shape index (κ1) is 18.5. The summed E-state index contributed by atoms with van der Waals surface area (Å²) in [6, 6.07) is 11.0. The maximum Gasteiger partial charge on any atom is 0.257 e. The molecule has 2 aromatic rings. The molecule has 2 amide bonds. The van der Waals surface area contributed by atoms with Crippen LogP contribution in [0.4, 0.5) is 0 Å². The molecular formula is C24H28N2O3. The molecule has 1 saturated carbocycles. The second kappa shape index (κ2) is 7.69. The van der Waals surface area contributed by atoms with Crippen molar-refractivity contribution in [2.45, 2.75) is 57.0 Å².